The average molecular weight is 248 g/mol. The zero-order valence-corrected chi connectivity index (χ0v) is 9.22. The Bertz CT molecular complexity index is 577. The highest BCUT2D eigenvalue weighted by molar-refractivity contribution is 5.55. The normalized spacial score (nSPS) is 12.5. The molecule has 0 saturated heterocycles. The van der Waals surface area contributed by atoms with Gasteiger partial charge in [-0.25, -0.2) is 4.39 Å². The zero-order valence-electron chi connectivity index (χ0n) is 9.22. The van der Waals surface area contributed by atoms with E-state index in [4.69, 9.17) is 14.2 Å². The van der Waals surface area contributed by atoms with Gasteiger partial charge in [0.25, 0.3) is 0 Å². The van der Waals surface area contributed by atoms with Crippen LogP contribution >= 0.6 is 0 Å². The molecule has 1 N–H and O–H groups in total. The number of rotatable bonds is 2. The van der Waals surface area contributed by atoms with Crippen LogP contribution < -0.4 is 14.2 Å². The van der Waals surface area contributed by atoms with Gasteiger partial charge in [-0.1, -0.05) is 12.1 Å². The second kappa shape index (κ2) is 4.10. The summed E-state index contributed by atoms with van der Waals surface area (Å²) < 4.78 is 29.3. The van der Waals surface area contributed by atoms with Crippen LogP contribution in [0.5, 0.6) is 28.7 Å². The number of phenolic OH excluding ortho intramolecular Hbond substituents is 1. The average Bonchev–Trinajstić information content (AvgIpc) is 2.83. The first kappa shape index (κ1) is 10.7. The van der Waals surface area contributed by atoms with E-state index in [1.807, 2.05) is 0 Å². The fraction of sp³-hybridized carbons (Fsp3) is 0.0769. The third-order valence-corrected chi connectivity index (χ3v) is 2.52. The van der Waals surface area contributed by atoms with Gasteiger partial charge in [0, 0.05) is 0 Å². The zero-order chi connectivity index (χ0) is 12.5. The molecule has 0 bridgehead atoms. The molecule has 4 nitrogen and oxygen atoms in total. The molecular weight excluding hydrogens is 239 g/mol. The Morgan fingerprint density at radius 1 is 1.11 bits per heavy atom. The molecule has 1 aliphatic rings. The molecule has 0 aliphatic carbocycles. The number of fused-ring (bicyclic) bond motifs is 1. The fourth-order valence-corrected chi connectivity index (χ4v) is 1.69. The minimum Gasteiger partial charge on any atom is -0.504 e. The number of hydrogen-bond acceptors (Lipinski definition) is 4. The number of ether oxygens (including phenoxy) is 3. The maximum Gasteiger partial charge on any atom is 0.231 e. The van der Waals surface area contributed by atoms with Crippen LogP contribution in [0.3, 0.4) is 0 Å². The van der Waals surface area contributed by atoms with E-state index in [9.17, 15) is 9.50 Å². The summed E-state index contributed by atoms with van der Waals surface area (Å²) in [6.45, 7) is 0.0962. The van der Waals surface area contributed by atoms with E-state index in [2.05, 4.69) is 0 Å². The highest BCUT2D eigenvalue weighted by atomic mass is 19.1. The summed E-state index contributed by atoms with van der Waals surface area (Å²) in [4.78, 5) is 0. The maximum absolute atomic E-state index is 13.5. The summed E-state index contributed by atoms with van der Waals surface area (Å²) in [5.74, 6) is 0.0771. The topological polar surface area (TPSA) is 47.9 Å². The lowest BCUT2D eigenvalue weighted by atomic mass is 10.3. The number of para-hydroxylation sites is 2. The summed E-state index contributed by atoms with van der Waals surface area (Å²) in [6.07, 6.45) is 0. The molecule has 92 valence electrons. The van der Waals surface area contributed by atoms with E-state index in [1.54, 1.807) is 18.2 Å². The van der Waals surface area contributed by atoms with Crippen molar-refractivity contribution >= 4 is 0 Å². The summed E-state index contributed by atoms with van der Waals surface area (Å²) in [5.41, 5.74) is 0. The Morgan fingerprint density at radius 2 is 1.94 bits per heavy atom. The number of benzene rings is 2. The van der Waals surface area contributed by atoms with Crippen LogP contribution in [-0.4, -0.2) is 11.9 Å². The molecule has 0 saturated carbocycles. The van der Waals surface area contributed by atoms with Crippen molar-refractivity contribution in [3.05, 3.63) is 42.2 Å². The van der Waals surface area contributed by atoms with Crippen molar-refractivity contribution in [2.24, 2.45) is 0 Å². The standard InChI is InChI=1S/C13H9FO4/c14-8-3-1-4-9(15)12(8)18-11-6-2-5-10-13(11)17-7-16-10/h1-6,15H,7H2. The summed E-state index contributed by atoms with van der Waals surface area (Å²) in [7, 11) is 0. The van der Waals surface area contributed by atoms with Crippen molar-refractivity contribution in [1.82, 2.24) is 0 Å². The van der Waals surface area contributed by atoms with E-state index in [0.717, 1.165) is 0 Å². The molecule has 3 rings (SSSR count). The Labute approximate surface area is 102 Å². The number of aromatic hydroxyl groups is 1. The van der Waals surface area contributed by atoms with Crippen LogP contribution in [0.15, 0.2) is 36.4 Å². The largest absolute Gasteiger partial charge is 0.504 e. The molecule has 0 amide bonds. The minimum atomic E-state index is -0.647. The lowest BCUT2D eigenvalue weighted by Gasteiger charge is -2.10. The van der Waals surface area contributed by atoms with Crippen LogP contribution in [0.2, 0.25) is 0 Å². The quantitative estimate of drug-likeness (QED) is 0.887. The van der Waals surface area contributed by atoms with E-state index in [-0.39, 0.29) is 18.3 Å². The van der Waals surface area contributed by atoms with E-state index in [1.165, 1.54) is 18.2 Å². The second-order valence-corrected chi connectivity index (χ2v) is 3.68. The van der Waals surface area contributed by atoms with Crippen molar-refractivity contribution in [3.8, 4) is 28.7 Å². The Hall–Kier alpha value is -2.43. The van der Waals surface area contributed by atoms with Crippen LogP contribution in [-0.2, 0) is 0 Å². The maximum atomic E-state index is 13.5. The van der Waals surface area contributed by atoms with Crippen molar-refractivity contribution in [2.45, 2.75) is 0 Å². The molecule has 0 atom stereocenters. The van der Waals surface area contributed by atoms with Gasteiger partial charge >= 0.3 is 0 Å². The van der Waals surface area contributed by atoms with Gasteiger partial charge in [-0.15, -0.1) is 0 Å². The van der Waals surface area contributed by atoms with E-state index in [0.29, 0.717) is 17.2 Å². The molecule has 5 heteroatoms. The van der Waals surface area contributed by atoms with Crippen LogP contribution in [0, 0.1) is 5.82 Å². The molecule has 2 aromatic carbocycles. The molecule has 1 heterocycles. The Kier molecular flexibility index (Phi) is 2.44. The van der Waals surface area contributed by atoms with Gasteiger partial charge in [0.2, 0.25) is 18.3 Å². The lowest BCUT2D eigenvalue weighted by Crippen LogP contribution is -1.94. The first-order valence-corrected chi connectivity index (χ1v) is 5.29. The molecule has 0 aromatic heterocycles. The third-order valence-electron chi connectivity index (χ3n) is 2.52. The number of halogens is 1. The van der Waals surface area contributed by atoms with Crippen molar-refractivity contribution in [3.63, 3.8) is 0 Å². The first-order valence-electron chi connectivity index (χ1n) is 5.29. The minimum absolute atomic E-state index is 0.0962. The number of hydrogen-bond donors (Lipinski definition) is 1. The van der Waals surface area contributed by atoms with Gasteiger partial charge < -0.3 is 19.3 Å². The highest BCUT2D eigenvalue weighted by Gasteiger charge is 2.20. The predicted molar refractivity (Wildman–Crippen MR) is 60.7 cm³/mol. The van der Waals surface area contributed by atoms with Gasteiger partial charge in [0.15, 0.2) is 23.1 Å². The fourth-order valence-electron chi connectivity index (χ4n) is 1.69. The van der Waals surface area contributed by atoms with Gasteiger partial charge in [-0.3, -0.25) is 0 Å². The molecule has 0 radical (unpaired) electrons. The van der Waals surface area contributed by atoms with Crippen LogP contribution in [0.4, 0.5) is 4.39 Å². The van der Waals surface area contributed by atoms with Crippen LogP contribution in [0.25, 0.3) is 0 Å². The highest BCUT2D eigenvalue weighted by Crippen LogP contribution is 2.44. The van der Waals surface area contributed by atoms with Gasteiger partial charge in [0.05, 0.1) is 0 Å². The molecule has 2 aromatic rings. The van der Waals surface area contributed by atoms with Crippen molar-refractivity contribution in [2.75, 3.05) is 6.79 Å². The Balaban J connectivity index is 2.01. The Morgan fingerprint density at radius 3 is 2.78 bits per heavy atom. The van der Waals surface area contributed by atoms with E-state index < -0.39 is 5.82 Å². The van der Waals surface area contributed by atoms with Gasteiger partial charge in [-0.05, 0) is 24.3 Å². The van der Waals surface area contributed by atoms with E-state index >= 15 is 0 Å². The number of phenols is 1. The van der Waals surface area contributed by atoms with Crippen LogP contribution in [0.1, 0.15) is 0 Å². The van der Waals surface area contributed by atoms with Gasteiger partial charge in [0.1, 0.15) is 0 Å². The summed E-state index contributed by atoms with van der Waals surface area (Å²) in [6, 6.07) is 8.97. The summed E-state index contributed by atoms with van der Waals surface area (Å²) in [5, 5.41) is 9.56. The molecule has 0 fully saturated rings. The van der Waals surface area contributed by atoms with Crippen molar-refractivity contribution in [1.29, 1.82) is 0 Å². The molecule has 0 unspecified atom stereocenters. The van der Waals surface area contributed by atoms with Gasteiger partial charge in [-0.2, -0.15) is 0 Å². The molecule has 18 heavy (non-hydrogen) atoms. The first-order chi connectivity index (χ1) is 8.75. The summed E-state index contributed by atoms with van der Waals surface area (Å²) >= 11 is 0. The third kappa shape index (κ3) is 1.69. The smallest absolute Gasteiger partial charge is 0.231 e. The van der Waals surface area contributed by atoms with Crippen molar-refractivity contribution < 1.29 is 23.7 Å². The molecule has 1 aliphatic heterocycles. The molecular formula is C13H9FO4. The monoisotopic (exact) mass is 248 g/mol. The molecule has 0 spiro atoms. The SMILES string of the molecule is Oc1cccc(F)c1Oc1cccc2c1OCO2. The predicted octanol–water partition coefficient (Wildman–Crippen LogP) is 3.05. The lowest BCUT2D eigenvalue weighted by molar-refractivity contribution is 0.171. The second-order valence-electron chi connectivity index (χ2n) is 3.68.